The number of carbonyl (C=O) groups is 4. The van der Waals surface area contributed by atoms with Crippen molar-refractivity contribution in [2.24, 2.45) is 0 Å². The molecule has 3 aromatic heterocycles. The topological polar surface area (TPSA) is 503 Å². The van der Waals surface area contributed by atoms with Crippen LogP contribution >= 0.6 is 23.2 Å². The number of aromatic hydroxyl groups is 1. The molecule has 18 rings (SSSR count). The van der Waals surface area contributed by atoms with Crippen molar-refractivity contribution in [3.05, 3.63) is 334 Å². The number of aryl methyl sites for hydroxylation is 1. The molecule has 32 heteroatoms. The van der Waals surface area contributed by atoms with Crippen LogP contribution in [0.1, 0.15) is 70.7 Å². The SMILES string of the molecule is CC(=O)c1ccc2cccc(NCc3c(N)ccc4c(-c5ccccc5C(=O)O)c5cc(Cl)c(=O)cc-5oc34)c2n1.Cc1cc2c(-c3ccccc3C(=O)O)c3ccc(N)c(CNc4cccc5cccnc45)c3oc-2cc1=O.O=C(O)c1ccccc1-c1c2cc(Cl)c(=O)cc-2oc2c(CNc3cccc4cccnc34)c(O)ccc12.O=C=O.O=C=O.O=C=O.O=C=O. The Morgan fingerprint density at radius 1 is 0.388 bits per heavy atom. The normalized spacial score (nSPS) is 10.5. The van der Waals surface area contributed by atoms with Gasteiger partial charge in [-0.25, -0.2) is 19.4 Å². The highest BCUT2D eigenvalue weighted by Gasteiger charge is 2.29. The molecule has 0 unspecified atom stereocenters. The fourth-order valence-corrected chi connectivity index (χ4v) is 15.1. The number of carbonyl (C=O) groups excluding carboxylic acids is 9. The largest absolute Gasteiger partial charge is 0.507 e. The number of nitrogens with two attached hydrogens (primary N) is 2. The predicted molar refractivity (Wildman–Crippen MR) is 477 cm³/mol. The molecule has 11 N–H and O–H groups in total. The highest BCUT2D eigenvalue weighted by atomic mass is 35.5. The number of rotatable bonds is 16. The summed E-state index contributed by atoms with van der Waals surface area (Å²) in [4.78, 5) is 164. The van der Waals surface area contributed by atoms with E-state index >= 15 is 0 Å². The molecule has 0 bridgehead atoms. The standard InChI is InChI=1S/C32H22ClN3O5.C31H23N3O4.C30H19ClN2O5.4CO2/c1-16(37)25-12-9-17-5-4-8-26(30(17)36-25)35-15-22-24(34)11-10-20-29(18-6-2-3-7-19(18)32(39)40)21-13-23(33)27(38)14-28(21)41-31(20)22;1-17-14-22-27(15-26(17)35)38-30-21(28(22)19-8-2-3-9-20(19)31(36)37)11-12-24(32)23(30)16-34-25-10-4-6-18-7-5-13-33-29(18)25;31-22-13-20-26(14-25(22)35)38-29-19(27(20)17-7-1-2-8-18(17)30(36)37)10-11-24(34)21(29)15-33-23-9-3-5-16-6-4-12-32-28(16)23;4*2-1-3/h2-14,35H,15,34H2,1H3,(H,39,40);2-15,34H,16,32H2,1H3,(H,36,37);1-14,33-34H,15H2,(H,36,37);;;;. The summed E-state index contributed by atoms with van der Waals surface area (Å²) in [7, 11) is 0. The molecule has 9 aromatic carbocycles. The summed E-state index contributed by atoms with van der Waals surface area (Å²) in [6.07, 6.45) is 4.46. The minimum atomic E-state index is -1.10. The molecule has 0 fully saturated rings. The van der Waals surface area contributed by atoms with E-state index < -0.39 is 28.8 Å². The van der Waals surface area contributed by atoms with Crippen LogP contribution in [0.5, 0.6) is 5.75 Å². The van der Waals surface area contributed by atoms with Gasteiger partial charge in [0.1, 0.15) is 45.5 Å². The zero-order chi connectivity index (χ0) is 92.4. The number of hydrogen-bond donors (Lipinski definition) is 9. The summed E-state index contributed by atoms with van der Waals surface area (Å²) in [5, 5.41) is 55.5. The molecular formula is C97H64Cl2N8O22. The third-order valence-corrected chi connectivity index (χ3v) is 21.0. The molecule has 0 saturated heterocycles. The van der Waals surface area contributed by atoms with E-state index in [1.807, 2.05) is 91.0 Å². The fourth-order valence-electron chi connectivity index (χ4n) is 14.8. The summed E-state index contributed by atoms with van der Waals surface area (Å²) in [6, 6.07) is 67.7. The Morgan fingerprint density at radius 3 is 1.11 bits per heavy atom. The van der Waals surface area contributed by atoms with Crippen molar-refractivity contribution in [2.45, 2.75) is 33.5 Å². The molecule has 0 saturated carbocycles. The number of pyridine rings is 3. The zero-order valence-corrected chi connectivity index (χ0v) is 68.7. The molecule has 0 atom stereocenters. The molecule has 3 aliphatic heterocycles. The number of aromatic nitrogens is 3. The van der Waals surface area contributed by atoms with Crippen molar-refractivity contribution in [3.8, 4) is 73.1 Å². The van der Waals surface area contributed by atoms with Gasteiger partial charge in [-0.2, -0.15) is 38.4 Å². The lowest BCUT2D eigenvalue weighted by Crippen LogP contribution is -2.08. The van der Waals surface area contributed by atoms with Crippen LogP contribution in [0.3, 0.4) is 0 Å². The smallest absolute Gasteiger partial charge is 0.373 e. The lowest BCUT2D eigenvalue weighted by atomic mass is 9.89. The van der Waals surface area contributed by atoms with E-state index in [9.17, 15) is 54.0 Å². The van der Waals surface area contributed by atoms with Crippen LogP contribution < -0.4 is 43.7 Å². The summed E-state index contributed by atoms with van der Waals surface area (Å²) in [5.74, 6) is -2.57. The van der Waals surface area contributed by atoms with Crippen molar-refractivity contribution < 1.29 is 91.2 Å². The number of Topliss-reactive ketones (excluding diaryl/α,β-unsaturated/α-hetero) is 1. The van der Waals surface area contributed by atoms with Gasteiger partial charge in [-0.15, -0.1) is 0 Å². The number of phenolic OH excluding ortho intramolecular Hbond substituents is 1. The van der Waals surface area contributed by atoms with Crippen LogP contribution in [-0.4, -0.2) is 83.7 Å². The predicted octanol–water partition coefficient (Wildman–Crippen LogP) is 17.6. The lowest BCUT2D eigenvalue weighted by molar-refractivity contribution is -0.193. The summed E-state index contributed by atoms with van der Waals surface area (Å²) in [6.45, 7) is 3.90. The number of halogens is 2. The van der Waals surface area contributed by atoms with Gasteiger partial charge in [0, 0.05) is 145 Å². The first kappa shape index (κ1) is 90.5. The Morgan fingerprint density at radius 2 is 0.721 bits per heavy atom. The molecule has 129 heavy (non-hydrogen) atoms. The number of fused-ring (bicyclic) bond motifs is 9. The molecule has 6 aliphatic rings. The Kier molecular flexibility index (Phi) is 28.4. The third kappa shape index (κ3) is 19.4. The highest BCUT2D eigenvalue weighted by molar-refractivity contribution is 6.31. The summed E-state index contributed by atoms with van der Waals surface area (Å²) >= 11 is 12.4. The number of hydrogen-bond acceptors (Lipinski definition) is 27. The molecular weight excluding hydrogens is 1700 g/mol. The zero-order valence-electron chi connectivity index (χ0n) is 67.2. The minimum absolute atomic E-state index is 0.00757. The van der Waals surface area contributed by atoms with Gasteiger partial charge in [0.25, 0.3) is 0 Å². The number of ketones is 1. The van der Waals surface area contributed by atoms with Crippen molar-refractivity contribution in [3.63, 3.8) is 0 Å². The second kappa shape index (κ2) is 40.5. The second-order valence-corrected chi connectivity index (χ2v) is 28.7. The summed E-state index contributed by atoms with van der Waals surface area (Å²) < 4.78 is 18.9. The van der Waals surface area contributed by atoms with Crippen molar-refractivity contribution in [1.82, 2.24) is 15.0 Å². The highest BCUT2D eigenvalue weighted by Crippen LogP contribution is 2.48. The maximum atomic E-state index is 12.6. The molecule has 0 radical (unpaired) electrons. The Balaban J connectivity index is 0.000000165. The number of anilines is 5. The number of aromatic carboxylic acids is 3. The maximum absolute atomic E-state index is 12.6. The van der Waals surface area contributed by atoms with E-state index in [0.29, 0.717) is 146 Å². The van der Waals surface area contributed by atoms with Crippen LogP contribution in [0.15, 0.2) is 277 Å². The van der Waals surface area contributed by atoms with Gasteiger partial charge in [-0.3, -0.25) is 29.1 Å². The number of carboxylic acids is 3. The number of nitrogen functional groups attached to an aromatic ring is 2. The number of nitrogens with one attached hydrogen (secondary N) is 3. The van der Waals surface area contributed by atoms with E-state index in [1.54, 1.807) is 122 Å². The Bertz CT molecular complexity index is 7380. The van der Waals surface area contributed by atoms with Crippen LogP contribution in [-0.2, 0) is 58.0 Å². The average molecular weight is 1760 g/mol. The van der Waals surface area contributed by atoms with Crippen molar-refractivity contribution in [1.29, 1.82) is 0 Å². The van der Waals surface area contributed by atoms with Crippen LogP contribution in [0.25, 0.3) is 133 Å². The average Bonchev–Trinajstić information content (AvgIpc) is 0.744. The molecule has 0 spiro atoms. The van der Waals surface area contributed by atoms with Gasteiger partial charge in [0.2, 0.25) is 10.9 Å². The number of carboxylic acid groups (broad SMARTS) is 3. The molecule has 6 heterocycles. The monoisotopic (exact) mass is 1760 g/mol. The lowest BCUT2D eigenvalue weighted by Gasteiger charge is -2.20. The van der Waals surface area contributed by atoms with E-state index in [2.05, 4.69) is 30.9 Å². The van der Waals surface area contributed by atoms with Gasteiger partial charge < -0.3 is 61.1 Å². The second-order valence-electron chi connectivity index (χ2n) is 27.9. The third-order valence-electron chi connectivity index (χ3n) is 20.4. The first-order chi connectivity index (χ1) is 62.2. The number of benzene rings is 12. The van der Waals surface area contributed by atoms with Crippen LogP contribution in [0, 0.1) is 6.92 Å². The quantitative estimate of drug-likeness (QED) is 0.0246. The Labute approximate surface area is 735 Å². The van der Waals surface area contributed by atoms with Crippen LogP contribution in [0.2, 0.25) is 10.0 Å². The maximum Gasteiger partial charge on any atom is 0.373 e. The van der Waals surface area contributed by atoms with Gasteiger partial charge in [0.15, 0.2) is 11.2 Å². The molecule has 0 amide bonds. The van der Waals surface area contributed by atoms with Gasteiger partial charge >= 0.3 is 42.5 Å². The van der Waals surface area contributed by atoms with E-state index in [-0.39, 0.29) is 92.9 Å². The van der Waals surface area contributed by atoms with Crippen LogP contribution in [0.4, 0.5) is 28.4 Å². The van der Waals surface area contributed by atoms with Crippen molar-refractivity contribution in [2.75, 3.05) is 27.4 Å². The minimum Gasteiger partial charge on any atom is -0.507 e. The summed E-state index contributed by atoms with van der Waals surface area (Å²) in [5.41, 5.74) is 26.3. The van der Waals surface area contributed by atoms with Gasteiger partial charge in [-0.05, 0) is 138 Å². The number of para-hydroxylation sites is 3. The molecule has 3 aliphatic carbocycles. The van der Waals surface area contributed by atoms with E-state index in [1.165, 1.54) is 49.4 Å². The Hall–Kier alpha value is -17.7. The number of phenols is 1. The molecule has 638 valence electrons. The number of nitrogens with zero attached hydrogens (tertiary/aromatic N) is 3. The van der Waals surface area contributed by atoms with Gasteiger partial charge in [-0.1, -0.05) is 132 Å². The first-order valence-electron chi connectivity index (χ1n) is 38.2. The van der Waals surface area contributed by atoms with Crippen molar-refractivity contribution >= 4 is 166 Å². The van der Waals surface area contributed by atoms with E-state index in [4.69, 9.17) is 86.3 Å². The molecule has 12 aromatic rings. The van der Waals surface area contributed by atoms with Gasteiger partial charge in [0.05, 0.1) is 65.9 Å². The first-order valence-corrected chi connectivity index (χ1v) is 38.9. The molecule has 30 nitrogen and oxygen atoms in total. The van der Waals surface area contributed by atoms with E-state index in [0.717, 1.165) is 38.6 Å². The fraction of sp³-hybridized carbons (Fsp3) is 0.0515.